The van der Waals surface area contributed by atoms with E-state index in [1.54, 1.807) is 0 Å². The van der Waals surface area contributed by atoms with Crippen LogP contribution in [0.3, 0.4) is 0 Å². The summed E-state index contributed by atoms with van der Waals surface area (Å²) in [7, 11) is 0. The van der Waals surface area contributed by atoms with E-state index in [2.05, 4.69) is 0 Å². The molecule has 0 aliphatic heterocycles. The summed E-state index contributed by atoms with van der Waals surface area (Å²) in [5, 5.41) is 38.5. The highest BCUT2D eigenvalue weighted by Gasteiger charge is 2.29. The number of hydrogen-bond acceptors (Lipinski definition) is 6. The summed E-state index contributed by atoms with van der Waals surface area (Å²) < 4.78 is 0. The molecule has 0 heterocycles. The minimum atomic E-state index is -1.09. The van der Waals surface area contributed by atoms with Crippen molar-refractivity contribution in [3.8, 4) is 11.5 Å². The molecule has 1 aromatic carbocycles. The molecule has 0 bridgehead atoms. The molecule has 0 aliphatic rings. The lowest BCUT2D eigenvalue weighted by molar-refractivity contribution is -0.423. The van der Waals surface area contributed by atoms with Gasteiger partial charge in [-0.1, -0.05) is 0 Å². The van der Waals surface area contributed by atoms with Crippen LogP contribution in [0.2, 0.25) is 0 Å². The van der Waals surface area contributed by atoms with Crippen LogP contribution >= 0.6 is 0 Å². The molecule has 2 N–H and O–H groups in total. The normalized spacial score (nSPS) is 9.71. The Morgan fingerprint density at radius 2 is 1.64 bits per heavy atom. The van der Waals surface area contributed by atoms with Gasteiger partial charge in [0.15, 0.2) is 0 Å². The van der Waals surface area contributed by atoms with Crippen LogP contribution in [-0.4, -0.2) is 20.1 Å². The predicted octanol–water partition coefficient (Wildman–Crippen LogP) is 0.914. The van der Waals surface area contributed by atoms with Crippen LogP contribution < -0.4 is 0 Å². The Morgan fingerprint density at radius 3 is 2.07 bits per heavy atom. The molecule has 0 saturated carbocycles. The number of nitro groups is 2. The molecule has 1 aromatic rings. The molecule has 0 fully saturated rings. The molecule has 0 atom stereocenters. The fourth-order valence-corrected chi connectivity index (χ4v) is 0.916. The van der Waals surface area contributed by atoms with Crippen molar-refractivity contribution in [3.05, 3.63) is 32.4 Å². The zero-order valence-corrected chi connectivity index (χ0v) is 6.58. The van der Waals surface area contributed by atoms with Crippen LogP contribution in [0.1, 0.15) is 0 Å². The van der Waals surface area contributed by atoms with Gasteiger partial charge in [-0.2, -0.15) is 0 Å². The Hall–Kier alpha value is -2.38. The highest BCUT2D eigenvalue weighted by atomic mass is 16.6. The van der Waals surface area contributed by atoms with E-state index < -0.39 is 32.7 Å². The number of nitrogens with zero attached hydrogens (tertiary/aromatic N) is 2. The molecule has 14 heavy (non-hydrogen) atoms. The Bertz CT molecular complexity index is 415. The van der Waals surface area contributed by atoms with E-state index in [-0.39, 0.29) is 0 Å². The Balaban J connectivity index is 3.52. The first kappa shape index (κ1) is 9.71. The first-order valence-corrected chi connectivity index (χ1v) is 3.28. The monoisotopic (exact) mass is 200 g/mol. The number of phenols is 2. The molecule has 0 spiro atoms. The minimum absolute atomic E-state index is 0.595. The van der Waals surface area contributed by atoms with Crippen molar-refractivity contribution in [2.45, 2.75) is 0 Å². The Labute approximate surface area is 76.3 Å². The standard InChI is InChI=1S/C6H4N2O6/c9-3-1-4(7(11)12)6(8(13)14)5(10)2-3/h1-2,9-10H. The number of benzene rings is 1. The summed E-state index contributed by atoms with van der Waals surface area (Å²) in [6, 6.07) is 1.25. The molecule has 8 nitrogen and oxygen atoms in total. The molecule has 0 saturated heterocycles. The summed E-state index contributed by atoms with van der Waals surface area (Å²) in [5.41, 5.74) is -1.99. The van der Waals surface area contributed by atoms with Gasteiger partial charge in [0.2, 0.25) is 5.75 Å². The highest BCUT2D eigenvalue weighted by molar-refractivity contribution is 5.64. The highest BCUT2D eigenvalue weighted by Crippen LogP contribution is 2.38. The molecule has 0 unspecified atom stereocenters. The average Bonchev–Trinajstić information content (AvgIpc) is 2.01. The zero-order valence-electron chi connectivity index (χ0n) is 6.58. The number of nitro benzene ring substituents is 2. The van der Waals surface area contributed by atoms with Gasteiger partial charge in [0.05, 0.1) is 15.9 Å². The molecular weight excluding hydrogens is 196 g/mol. The minimum Gasteiger partial charge on any atom is -0.508 e. The van der Waals surface area contributed by atoms with Gasteiger partial charge in [0.25, 0.3) is 0 Å². The smallest absolute Gasteiger partial charge is 0.387 e. The van der Waals surface area contributed by atoms with Crippen molar-refractivity contribution in [3.63, 3.8) is 0 Å². The molecule has 1 rings (SSSR count). The Kier molecular flexibility index (Phi) is 2.19. The quantitative estimate of drug-likeness (QED) is 0.539. The number of phenolic OH excluding ortho intramolecular Hbond substituents is 2. The summed E-state index contributed by atoms with van der Waals surface area (Å²) in [4.78, 5) is 18.5. The van der Waals surface area contributed by atoms with Crippen molar-refractivity contribution >= 4 is 11.4 Å². The maximum Gasteiger partial charge on any atom is 0.387 e. The van der Waals surface area contributed by atoms with Gasteiger partial charge < -0.3 is 10.2 Å². The molecule has 0 radical (unpaired) electrons. The first-order valence-electron chi connectivity index (χ1n) is 3.28. The van der Waals surface area contributed by atoms with Crippen molar-refractivity contribution in [2.24, 2.45) is 0 Å². The SMILES string of the molecule is O=[N+]([O-])c1cc(O)cc(O)c1[N+](=O)[O-]. The van der Waals surface area contributed by atoms with Crippen LogP contribution in [0.4, 0.5) is 11.4 Å². The summed E-state index contributed by atoms with van der Waals surface area (Å²) in [6.45, 7) is 0. The average molecular weight is 200 g/mol. The van der Waals surface area contributed by atoms with E-state index in [4.69, 9.17) is 10.2 Å². The largest absolute Gasteiger partial charge is 0.508 e. The molecule has 0 aliphatic carbocycles. The van der Waals surface area contributed by atoms with Crippen LogP contribution in [0.25, 0.3) is 0 Å². The van der Waals surface area contributed by atoms with Crippen LogP contribution in [0, 0.1) is 20.2 Å². The lowest BCUT2D eigenvalue weighted by Crippen LogP contribution is -1.96. The molecule has 8 heteroatoms. The fraction of sp³-hybridized carbons (Fsp3) is 0. The third kappa shape index (κ3) is 1.53. The third-order valence-corrected chi connectivity index (χ3v) is 1.43. The topological polar surface area (TPSA) is 127 Å². The van der Waals surface area contributed by atoms with Gasteiger partial charge in [-0.15, -0.1) is 0 Å². The van der Waals surface area contributed by atoms with Crippen LogP contribution in [-0.2, 0) is 0 Å². The van der Waals surface area contributed by atoms with Gasteiger partial charge in [0, 0.05) is 6.07 Å². The van der Waals surface area contributed by atoms with Crippen molar-refractivity contribution in [1.29, 1.82) is 0 Å². The lowest BCUT2D eigenvalue weighted by Gasteiger charge is -1.98. The van der Waals surface area contributed by atoms with E-state index in [1.807, 2.05) is 0 Å². The molecule has 0 aromatic heterocycles. The van der Waals surface area contributed by atoms with Crippen LogP contribution in [0.5, 0.6) is 11.5 Å². The summed E-state index contributed by atoms with van der Waals surface area (Å²) in [6.07, 6.45) is 0. The van der Waals surface area contributed by atoms with Crippen molar-refractivity contribution in [2.75, 3.05) is 0 Å². The first-order chi connectivity index (χ1) is 6.43. The second kappa shape index (κ2) is 3.17. The maximum atomic E-state index is 10.3. The fourth-order valence-electron chi connectivity index (χ4n) is 0.916. The number of hydrogen-bond donors (Lipinski definition) is 2. The Morgan fingerprint density at radius 1 is 1.07 bits per heavy atom. The van der Waals surface area contributed by atoms with E-state index >= 15 is 0 Å². The van der Waals surface area contributed by atoms with Gasteiger partial charge in [-0.05, 0) is 0 Å². The lowest BCUT2D eigenvalue weighted by atomic mass is 10.2. The van der Waals surface area contributed by atoms with E-state index in [1.165, 1.54) is 0 Å². The van der Waals surface area contributed by atoms with Crippen molar-refractivity contribution in [1.82, 2.24) is 0 Å². The molecule has 0 amide bonds. The summed E-state index contributed by atoms with van der Waals surface area (Å²) in [5.74, 6) is -1.55. The van der Waals surface area contributed by atoms with E-state index in [9.17, 15) is 20.2 Å². The van der Waals surface area contributed by atoms with Crippen molar-refractivity contribution < 1.29 is 20.1 Å². The summed E-state index contributed by atoms with van der Waals surface area (Å²) >= 11 is 0. The zero-order chi connectivity index (χ0) is 10.9. The van der Waals surface area contributed by atoms with Gasteiger partial charge in [0.1, 0.15) is 5.75 Å². The van der Waals surface area contributed by atoms with Gasteiger partial charge in [-0.3, -0.25) is 20.2 Å². The number of aromatic hydroxyl groups is 2. The van der Waals surface area contributed by atoms with Gasteiger partial charge >= 0.3 is 11.4 Å². The maximum absolute atomic E-state index is 10.3. The van der Waals surface area contributed by atoms with E-state index in [0.29, 0.717) is 12.1 Å². The van der Waals surface area contributed by atoms with Crippen LogP contribution in [0.15, 0.2) is 12.1 Å². The van der Waals surface area contributed by atoms with Gasteiger partial charge in [-0.25, -0.2) is 0 Å². The predicted molar refractivity (Wildman–Crippen MR) is 43.1 cm³/mol. The third-order valence-electron chi connectivity index (χ3n) is 1.43. The second-order valence-corrected chi connectivity index (χ2v) is 2.35. The number of rotatable bonds is 2. The second-order valence-electron chi connectivity index (χ2n) is 2.35. The molecular formula is C6H4N2O6. The molecule has 74 valence electrons. The van der Waals surface area contributed by atoms with E-state index in [0.717, 1.165) is 0 Å².